The molecule has 0 saturated carbocycles. The molecule has 1 N–H and O–H groups in total. The molecule has 1 heterocycles. The zero-order valence-corrected chi connectivity index (χ0v) is 10.2. The summed E-state index contributed by atoms with van der Waals surface area (Å²) in [4.78, 5) is 11.8. The van der Waals surface area contributed by atoms with Gasteiger partial charge in [-0.25, -0.2) is 0 Å². The van der Waals surface area contributed by atoms with Gasteiger partial charge in [0.1, 0.15) is 5.58 Å². The minimum atomic E-state index is 0.0554. The molecular formula is C14H17NO2. The van der Waals surface area contributed by atoms with Crippen molar-refractivity contribution < 1.29 is 9.21 Å². The van der Waals surface area contributed by atoms with Crippen LogP contribution in [0.25, 0.3) is 11.0 Å². The van der Waals surface area contributed by atoms with E-state index in [4.69, 9.17) is 4.42 Å². The molecule has 3 heteroatoms. The van der Waals surface area contributed by atoms with E-state index in [-0.39, 0.29) is 5.78 Å². The van der Waals surface area contributed by atoms with Crippen LogP contribution in [0.4, 0.5) is 0 Å². The normalized spacial score (nSPS) is 10.9. The molecule has 0 spiro atoms. The minimum absolute atomic E-state index is 0.0554. The smallest absolute Gasteiger partial charge is 0.199 e. The number of furan rings is 1. The number of hydrogen-bond donors (Lipinski definition) is 1. The number of nitrogens with one attached hydrogen (secondary N) is 1. The lowest BCUT2D eigenvalue weighted by molar-refractivity contribution is 0.0958. The second-order valence-corrected chi connectivity index (χ2v) is 4.18. The fourth-order valence-corrected chi connectivity index (χ4v) is 1.80. The predicted octanol–water partition coefficient (Wildman–Crippen LogP) is 2.92. The Morgan fingerprint density at radius 3 is 2.94 bits per heavy atom. The van der Waals surface area contributed by atoms with Gasteiger partial charge in [-0.15, -0.1) is 0 Å². The van der Waals surface area contributed by atoms with Crippen LogP contribution in [0.1, 0.15) is 29.5 Å². The first kappa shape index (κ1) is 11.9. The quantitative estimate of drug-likeness (QED) is 0.635. The predicted molar refractivity (Wildman–Crippen MR) is 68.4 cm³/mol. The van der Waals surface area contributed by atoms with Crippen molar-refractivity contribution in [3.63, 3.8) is 0 Å². The van der Waals surface area contributed by atoms with Gasteiger partial charge in [0.05, 0.1) is 0 Å². The van der Waals surface area contributed by atoms with Crippen molar-refractivity contribution in [3.8, 4) is 0 Å². The van der Waals surface area contributed by atoms with Crippen molar-refractivity contribution in [2.24, 2.45) is 0 Å². The summed E-state index contributed by atoms with van der Waals surface area (Å²) >= 11 is 0. The maximum absolute atomic E-state index is 11.8. The van der Waals surface area contributed by atoms with Crippen LogP contribution in [0.3, 0.4) is 0 Å². The summed E-state index contributed by atoms with van der Waals surface area (Å²) in [5.41, 5.74) is 1.95. The molecule has 0 atom stereocenters. The summed E-state index contributed by atoms with van der Waals surface area (Å²) < 4.78 is 5.54. The number of carbonyl (C=O) groups is 1. The number of fused-ring (bicyclic) bond motifs is 1. The van der Waals surface area contributed by atoms with E-state index in [0.29, 0.717) is 18.7 Å². The highest BCUT2D eigenvalue weighted by atomic mass is 16.3. The molecule has 0 saturated heterocycles. The van der Waals surface area contributed by atoms with Crippen LogP contribution in [0.15, 0.2) is 28.7 Å². The molecular weight excluding hydrogens is 214 g/mol. The lowest BCUT2D eigenvalue weighted by Crippen LogP contribution is -2.17. The van der Waals surface area contributed by atoms with Gasteiger partial charge in [-0.2, -0.15) is 0 Å². The molecule has 90 valence electrons. The van der Waals surface area contributed by atoms with E-state index < -0.39 is 0 Å². The Morgan fingerprint density at radius 2 is 2.18 bits per heavy atom. The molecule has 0 amide bonds. The van der Waals surface area contributed by atoms with Crippen molar-refractivity contribution in [1.82, 2.24) is 5.32 Å². The van der Waals surface area contributed by atoms with Gasteiger partial charge in [0, 0.05) is 18.4 Å². The fourth-order valence-electron chi connectivity index (χ4n) is 1.80. The first-order valence-corrected chi connectivity index (χ1v) is 5.95. The topological polar surface area (TPSA) is 42.2 Å². The number of rotatable bonds is 5. The minimum Gasteiger partial charge on any atom is -0.453 e. The van der Waals surface area contributed by atoms with E-state index in [1.165, 1.54) is 5.56 Å². The third kappa shape index (κ3) is 2.74. The average molecular weight is 231 g/mol. The van der Waals surface area contributed by atoms with E-state index in [1.54, 1.807) is 0 Å². The van der Waals surface area contributed by atoms with Gasteiger partial charge in [-0.3, -0.25) is 4.79 Å². The number of aryl methyl sites for hydroxylation is 1. The molecule has 1 aromatic heterocycles. The Kier molecular flexibility index (Phi) is 3.59. The van der Waals surface area contributed by atoms with Crippen molar-refractivity contribution >= 4 is 16.8 Å². The van der Waals surface area contributed by atoms with Gasteiger partial charge >= 0.3 is 0 Å². The van der Waals surface area contributed by atoms with Gasteiger partial charge in [0.25, 0.3) is 0 Å². The largest absolute Gasteiger partial charge is 0.453 e. The molecule has 3 nitrogen and oxygen atoms in total. The summed E-state index contributed by atoms with van der Waals surface area (Å²) in [7, 11) is 0. The van der Waals surface area contributed by atoms with E-state index in [2.05, 4.69) is 5.32 Å². The average Bonchev–Trinajstić information content (AvgIpc) is 2.72. The number of hydrogen-bond acceptors (Lipinski definition) is 3. The number of Topliss-reactive ketones (excluding diaryl/α,β-unsaturated/α-hetero) is 1. The van der Waals surface area contributed by atoms with Gasteiger partial charge < -0.3 is 9.73 Å². The number of carbonyl (C=O) groups excluding carboxylic acids is 1. The second-order valence-electron chi connectivity index (χ2n) is 4.18. The van der Waals surface area contributed by atoms with Crippen LogP contribution in [0, 0.1) is 6.92 Å². The molecule has 0 fully saturated rings. The van der Waals surface area contributed by atoms with Crippen molar-refractivity contribution in [2.45, 2.75) is 20.3 Å². The Labute approximate surface area is 101 Å². The standard InChI is InChI=1S/C14H17NO2/c1-3-15-7-6-12(16)14-9-11-8-10(2)4-5-13(11)17-14/h4-5,8-9,15H,3,6-7H2,1-2H3. The molecule has 0 aliphatic heterocycles. The highest BCUT2D eigenvalue weighted by Gasteiger charge is 2.11. The molecule has 0 aliphatic carbocycles. The van der Waals surface area contributed by atoms with Crippen LogP contribution in [-0.4, -0.2) is 18.9 Å². The lowest BCUT2D eigenvalue weighted by Gasteiger charge is -1.98. The highest BCUT2D eigenvalue weighted by Crippen LogP contribution is 2.21. The summed E-state index contributed by atoms with van der Waals surface area (Å²) in [6.45, 7) is 5.63. The molecule has 0 unspecified atom stereocenters. The first-order valence-electron chi connectivity index (χ1n) is 5.95. The Hall–Kier alpha value is -1.61. The summed E-state index contributed by atoms with van der Waals surface area (Å²) in [5.74, 6) is 0.517. The van der Waals surface area contributed by atoms with Gasteiger partial charge in [-0.05, 0) is 31.7 Å². The van der Waals surface area contributed by atoms with E-state index >= 15 is 0 Å². The summed E-state index contributed by atoms with van der Waals surface area (Å²) in [6.07, 6.45) is 0.479. The SMILES string of the molecule is CCNCCC(=O)c1cc2cc(C)ccc2o1. The Bertz CT molecular complexity index is 528. The van der Waals surface area contributed by atoms with Crippen molar-refractivity contribution in [3.05, 3.63) is 35.6 Å². The molecule has 0 bridgehead atoms. The monoisotopic (exact) mass is 231 g/mol. The van der Waals surface area contributed by atoms with Crippen LogP contribution >= 0.6 is 0 Å². The summed E-state index contributed by atoms with van der Waals surface area (Å²) in [5, 5.41) is 4.13. The molecule has 2 aromatic rings. The maximum atomic E-state index is 11.8. The lowest BCUT2D eigenvalue weighted by atomic mass is 10.1. The zero-order chi connectivity index (χ0) is 12.3. The van der Waals surface area contributed by atoms with Crippen LogP contribution < -0.4 is 5.32 Å². The second kappa shape index (κ2) is 5.15. The molecule has 0 aliphatic rings. The van der Waals surface area contributed by atoms with Gasteiger partial charge in [-0.1, -0.05) is 18.6 Å². The first-order chi connectivity index (χ1) is 8.20. The van der Waals surface area contributed by atoms with Crippen LogP contribution in [0.2, 0.25) is 0 Å². The van der Waals surface area contributed by atoms with E-state index in [9.17, 15) is 4.79 Å². The fraction of sp³-hybridized carbons (Fsp3) is 0.357. The number of ketones is 1. The molecule has 2 rings (SSSR count). The van der Waals surface area contributed by atoms with Crippen molar-refractivity contribution in [1.29, 1.82) is 0 Å². The van der Waals surface area contributed by atoms with Gasteiger partial charge in [0.15, 0.2) is 11.5 Å². The van der Waals surface area contributed by atoms with E-state index in [0.717, 1.165) is 17.5 Å². The molecule has 0 radical (unpaired) electrons. The third-order valence-electron chi connectivity index (χ3n) is 2.73. The van der Waals surface area contributed by atoms with Gasteiger partial charge in [0.2, 0.25) is 0 Å². The molecule has 17 heavy (non-hydrogen) atoms. The molecule has 1 aromatic carbocycles. The Balaban J connectivity index is 2.15. The van der Waals surface area contributed by atoms with E-state index in [1.807, 2.05) is 38.1 Å². The Morgan fingerprint density at radius 1 is 1.35 bits per heavy atom. The maximum Gasteiger partial charge on any atom is 0.199 e. The van der Waals surface area contributed by atoms with Crippen molar-refractivity contribution in [2.75, 3.05) is 13.1 Å². The summed E-state index contributed by atoms with van der Waals surface area (Å²) in [6, 6.07) is 7.75. The third-order valence-corrected chi connectivity index (χ3v) is 2.73. The highest BCUT2D eigenvalue weighted by molar-refractivity contribution is 5.97. The van der Waals surface area contributed by atoms with Crippen LogP contribution in [0.5, 0.6) is 0 Å². The number of benzene rings is 1. The zero-order valence-electron chi connectivity index (χ0n) is 10.2. The van der Waals surface area contributed by atoms with Crippen LogP contribution in [-0.2, 0) is 0 Å².